The summed E-state index contributed by atoms with van der Waals surface area (Å²) < 4.78 is 18.9. The maximum Gasteiger partial charge on any atom is 0.224 e. The lowest BCUT2D eigenvalue weighted by Crippen LogP contribution is -2.28. The fourth-order valence-corrected chi connectivity index (χ4v) is 4.82. The molecule has 8 nitrogen and oxygen atoms in total. The van der Waals surface area contributed by atoms with Gasteiger partial charge in [0.15, 0.2) is 0 Å². The molecule has 1 aliphatic heterocycles. The third-order valence-electron chi connectivity index (χ3n) is 6.69. The molecule has 34 heavy (non-hydrogen) atoms. The van der Waals surface area contributed by atoms with Crippen LogP contribution in [-0.4, -0.2) is 45.9 Å². The van der Waals surface area contributed by atoms with Crippen molar-refractivity contribution in [1.29, 1.82) is 0 Å². The highest BCUT2D eigenvalue weighted by atomic mass is 16.5. The van der Waals surface area contributed by atoms with E-state index in [0.717, 1.165) is 93.4 Å². The summed E-state index contributed by atoms with van der Waals surface area (Å²) in [6.45, 7) is 3.72. The molecule has 5 rings (SSSR count). The molecular formula is C26H33N5O3. The highest BCUT2D eigenvalue weighted by Gasteiger charge is 2.23. The summed E-state index contributed by atoms with van der Waals surface area (Å²) in [6, 6.07) is 4.38. The van der Waals surface area contributed by atoms with Gasteiger partial charge >= 0.3 is 0 Å². The molecule has 8 heteroatoms. The molecule has 3 aromatic rings. The number of hydrogen-bond acceptors (Lipinski definition) is 7. The fourth-order valence-electron chi connectivity index (χ4n) is 4.82. The van der Waals surface area contributed by atoms with Gasteiger partial charge in [0.05, 0.1) is 30.5 Å². The van der Waals surface area contributed by atoms with E-state index in [2.05, 4.69) is 33.9 Å². The van der Waals surface area contributed by atoms with E-state index in [1.165, 1.54) is 11.3 Å². The summed E-state index contributed by atoms with van der Waals surface area (Å²) in [5, 5.41) is 3.49. The molecule has 0 saturated carbocycles. The van der Waals surface area contributed by atoms with E-state index in [-0.39, 0.29) is 0 Å². The van der Waals surface area contributed by atoms with Gasteiger partial charge < -0.3 is 19.2 Å². The van der Waals surface area contributed by atoms with E-state index < -0.39 is 0 Å². The predicted molar refractivity (Wildman–Crippen MR) is 130 cm³/mol. The molecule has 1 aliphatic carbocycles. The maximum absolute atomic E-state index is 5.72. The highest BCUT2D eigenvalue weighted by Crippen LogP contribution is 2.28. The molecule has 4 heterocycles. The van der Waals surface area contributed by atoms with Crippen LogP contribution in [0.2, 0.25) is 0 Å². The molecule has 0 atom stereocenters. The summed E-state index contributed by atoms with van der Waals surface area (Å²) in [5.74, 6) is 4.58. The van der Waals surface area contributed by atoms with Crippen molar-refractivity contribution in [3.63, 3.8) is 0 Å². The molecule has 0 spiro atoms. The van der Waals surface area contributed by atoms with Gasteiger partial charge in [0.2, 0.25) is 5.95 Å². The van der Waals surface area contributed by atoms with Crippen molar-refractivity contribution in [2.24, 2.45) is 0 Å². The topological polar surface area (TPSA) is 87.2 Å². The standard InChI is InChI=1S/C26H33N5O3/c1-3-18-10-16-34-23(18)5-4-6-24-29-21-17-20(32-2)7-8-22(21)31(24)25-9-13-27-26(30-25)28-19-11-14-33-15-12-19/h9-10,13,16-17,19H,3-8,11-12,14-15H2,1-2H3,(H,27,28,30). The Hall–Kier alpha value is -3.13. The summed E-state index contributed by atoms with van der Waals surface area (Å²) >= 11 is 0. The van der Waals surface area contributed by atoms with Crippen LogP contribution >= 0.6 is 0 Å². The first kappa shape index (κ1) is 22.7. The third kappa shape index (κ3) is 4.87. The second-order valence-corrected chi connectivity index (χ2v) is 8.86. The Morgan fingerprint density at radius 3 is 2.85 bits per heavy atom. The quantitative estimate of drug-likeness (QED) is 0.499. The van der Waals surface area contributed by atoms with Gasteiger partial charge in [-0.15, -0.1) is 0 Å². The first-order valence-corrected chi connectivity index (χ1v) is 12.3. The van der Waals surface area contributed by atoms with Crippen LogP contribution in [0.25, 0.3) is 11.9 Å². The van der Waals surface area contributed by atoms with E-state index in [0.29, 0.717) is 12.0 Å². The fraction of sp³-hybridized carbons (Fsp3) is 0.500. The SMILES string of the molecule is CCc1ccoc1CCCc1nc2c(n1-c1ccnc(NC3CCOCC3)n1)CCC(OC)=C2. The van der Waals surface area contributed by atoms with Crippen molar-refractivity contribution in [1.82, 2.24) is 19.5 Å². The highest BCUT2D eigenvalue weighted by molar-refractivity contribution is 5.55. The molecule has 1 saturated heterocycles. The zero-order valence-corrected chi connectivity index (χ0v) is 20.0. The van der Waals surface area contributed by atoms with Crippen LogP contribution in [0.1, 0.15) is 61.1 Å². The number of rotatable bonds is 9. The second-order valence-electron chi connectivity index (χ2n) is 8.86. The van der Waals surface area contributed by atoms with Crippen LogP contribution < -0.4 is 5.32 Å². The van der Waals surface area contributed by atoms with E-state index in [9.17, 15) is 0 Å². The van der Waals surface area contributed by atoms with Crippen LogP contribution in [0.3, 0.4) is 0 Å². The van der Waals surface area contributed by atoms with E-state index >= 15 is 0 Å². The number of nitrogens with one attached hydrogen (secondary N) is 1. The van der Waals surface area contributed by atoms with Gasteiger partial charge in [-0.25, -0.2) is 9.97 Å². The number of methoxy groups -OCH3 is 1. The Labute approximate surface area is 200 Å². The van der Waals surface area contributed by atoms with Crippen molar-refractivity contribution < 1.29 is 13.9 Å². The molecule has 2 aliphatic rings. The van der Waals surface area contributed by atoms with Gasteiger partial charge in [-0.1, -0.05) is 6.92 Å². The summed E-state index contributed by atoms with van der Waals surface area (Å²) in [5.41, 5.74) is 3.44. The van der Waals surface area contributed by atoms with Crippen molar-refractivity contribution in [2.75, 3.05) is 25.6 Å². The van der Waals surface area contributed by atoms with Gasteiger partial charge in [0, 0.05) is 50.8 Å². The van der Waals surface area contributed by atoms with Crippen LogP contribution in [0.5, 0.6) is 0 Å². The number of aryl methyl sites for hydroxylation is 3. The van der Waals surface area contributed by atoms with E-state index in [1.807, 2.05) is 12.3 Å². The van der Waals surface area contributed by atoms with Crippen LogP contribution in [0, 0.1) is 0 Å². The molecule has 180 valence electrons. The van der Waals surface area contributed by atoms with Crippen molar-refractivity contribution in [3.8, 4) is 5.82 Å². The number of fused-ring (bicyclic) bond motifs is 1. The monoisotopic (exact) mass is 463 g/mol. The first-order valence-electron chi connectivity index (χ1n) is 12.3. The van der Waals surface area contributed by atoms with E-state index in [1.54, 1.807) is 13.4 Å². The molecule has 0 unspecified atom stereocenters. The normalized spacial score (nSPS) is 16.2. The number of allylic oxidation sites excluding steroid dienone is 1. The molecular weight excluding hydrogens is 430 g/mol. The maximum atomic E-state index is 5.72. The Morgan fingerprint density at radius 2 is 2.03 bits per heavy atom. The third-order valence-corrected chi connectivity index (χ3v) is 6.69. The molecule has 1 N–H and O–H groups in total. The van der Waals surface area contributed by atoms with E-state index in [4.69, 9.17) is 23.9 Å². The Balaban J connectivity index is 1.41. The Morgan fingerprint density at radius 1 is 1.15 bits per heavy atom. The zero-order valence-electron chi connectivity index (χ0n) is 20.0. The lowest BCUT2D eigenvalue weighted by molar-refractivity contribution is 0.0903. The number of aromatic nitrogens is 4. The second kappa shape index (κ2) is 10.4. The van der Waals surface area contributed by atoms with Gasteiger partial charge in [-0.3, -0.25) is 4.57 Å². The lowest BCUT2D eigenvalue weighted by Gasteiger charge is -2.23. The van der Waals surface area contributed by atoms with Gasteiger partial charge in [-0.05, 0) is 49.8 Å². The largest absolute Gasteiger partial charge is 0.501 e. The van der Waals surface area contributed by atoms with Crippen molar-refractivity contribution >= 4 is 12.0 Å². The number of ether oxygens (including phenoxy) is 2. The average molecular weight is 464 g/mol. The molecule has 0 aromatic carbocycles. The number of furan rings is 1. The molecule has 0 bridgehead atoms. The number of imidazole rings is 1. The molecule has 3 aromatic heterocycles. The van der Waals surface area contributed by atoms with Gasteiger partial charge in [0.25, 0.3) is 0 Å². The summed E-state index contributed by atoms with van der Waals surface area (Å²) in [7, 11) is 1.72. The predicted octanol–water partition coefficient (Wildman–Crippen LogP) is 4.52. The average Bonchev–Trinajstić information content (AvgIpc) is 3.48. The summed E-state index contributed by atoms with van der Waals surface area (Å²) in [6.07, 6.45) is 13.0. The van der Waals surface area contributed by atoms with Crippen LogP contribution in [0.15, 0.2) is 34.8 Å². The number of nitrogens with zero attached hydrogens (tertiary/aromatic N) is 4. The van der Waals surface area contributed by atoms with Gasteiger partial charge in [0.1, 0.15) is 17.4 Å². The number of hydrogen-bond donors (Lipinski definition) is 1. The Kier molecular flexibility index (Phi) is 6.94. The smallest absolute Gasteiger partial charge is 0.224 e. The van der Waals surface area contributed by atoms with Gasteiger partial charge in [-0.2, -0.15) is 4.98 Å². The minimum Gasteiger partial charge on any atom is -0.501 e. The molecule has 1 fully saturated rings. The summed E-state index contributed by atoms with van der Waals surface area (Å²) in [4.78, 5) is 14.4. The first-order chi connectivity index (χ1) is 16.7. The minimum atomic E-state index is 0.341. The number of anilines is 1. The Bertz CT molecular complexity index is 1140. The minimum absolute atomic E-state index is 0.341. The molecule has 0 radical (unpaired) electrons. The van der Waals surface area contributed by atoms with Crippen molar-refractivity contribution in [3.05, 3.63) is 58.9 Å². The van der Waals surface area contributed by atoms with Crippen molar-refractivity contribution in [2.45, 2.75) is 64.3 Å². The van der Waals surface area contributed by atoms with Crippen LogP contribution in [0.4, 0.5) is 5.95 Å². The lowest BCUT2D eigenvalue weighted by atomic mass is 10.1. The molecule has 0 amide bonds. The zero-order chi connectivity index (χ0) is 23.3. The van der Waals surface area contributed by atoms with Crippen LogP contribution in [-0.2, 0) is 35.2 Å².